The number of hydrogen-bond acceptors (Lipinski definition) is 5. The molecular weight excluding hydrogens is 214 g/mol. The van der Waals surface area contributed by atoms with E-state index in [0.717, 1.165) is 0 Å². The zero-order valence-corrected chi connectivity index (χ0v) is 8.91. The fourth-order valence-corrected chi connectivity index (χ4v) is 1.27. The van der Waals surface area contributed by atoms with Crippen LogP contribution < -0.4 is 4.74 Å². The predicted molar refractivity (Wildman–Crippen MR) is 54.1 cm³/mol. The molecule has 16 heavy (non-hydrogen) atoms. The first kappa shape index (κ1) is 12.4. The summed E-state index contributed by atoms with van der Waals surface area (Å²) in [7, 11) is 1.45. The SMILES string of the molecule is COc1cc(C)c(C(O)C(O)C(=O)O)cn1. The summed E-state index contributed by atoms with van der Waals surface area (Å²) in [4.78, 5) is 14.3. The normalized spacial score (nSPS) is 14.2. The van der Waals surface area contributed by atoms with Gasteiger partial charge >= 0.3 is 5.97 Å². The van der Waals surface area contributed by atoms with Gasteiger partial charge in [-0.2, -0.15) is 0 Å². The Bertz CT molecular complexity index is 393. The Morgan fingerprint density at radius 2 is 2.12 bits per heavy atom. The Balaban J connectivity index is 3.00. The van der Waals surface area contributed by atoms with Crippen molar-refractivity contribution < 1.29 is 24.9 Å². The molecule has 6 heteroatoms. The number of ether oxygens (including phenoxy) is 1. The summed E-state index contributed by atoms with van der Waals surface area (Å²) < 4.78 is 4.87. The molecule has 2 unspecified atom stereocenters. The quantitative estimate of drug-likeness (QED) is 0.663. The molecule has 0 radical (unpaired) electrons. The molecule has 88 valence electrons. The van der Waals surface area contributed by atoms with Crippen LogP contribution in [0, 0.1) is 6.92 Å². The number of aliphatic hydroxyl groups is 2. The van der Waals surface area contributed by atoms with Gasteiger partial charge in [0.1, 0.15) is 6.10 Å². The molecule has 1 rings (SSSR count). The van der Waals surface area contributed by atoms with E-state index in [1.165, 1.54) is 13.3 Å². The Labute approximate surface area is 92.1 Å². The van der Waals surface area contributed by atoms with E-state index in [-0.39, 0.29) is 5.56 Å². The first-order valence-electron chi connectivity index (χ1n) is 4.57. The van der Waals surface area contributed by atoms with Gasteiger partial charge in [0.25, 0.3) is 0 Å². The van der Waals surface area contributed by atoms with Gasteiger partial charge in [-0.3, -0.25) is 0 Å². The van der Waals surface area contributed by atoms with Crippen molar-refractivity contribution in [3.63, 3.8) is 0 Å². The lowest BCUT2D eigenvalue weighted by Gasteiger charge is -2.16. The first-order valence-corrected chi connectivity index (χ1v) is 4.57. The first-order chi connectivity index (χ1) is 7.47. The second kappa shape index (κ2) is 4.91. The minimum absolute atomic E-state index is 0.260. The lowest BCUT2D eigenvalue weighted by atomic mass is 10.0. The molecule has 0 aromatic carbocycles. The molecule has 0 saturated carbocycles. The number of aryl methyl sites for hydroxylation is 1. The summed E-state index contributed by atoms with van der Waals surface area (Å²) in [6.07, 6.45) is -2.09. The Morgan fingerprint density at radius 1 is 1.50 bits per heavy atom. The van der Waals surface area contributed by atoms with Crippen molar-refractivity contribution in [2.45, 2.75) is 19.1 Å². The van der Waals surface area contributed by atoms with Crippen LogP contribution in [0.1, 0.15) is 17.2 Å². The lowest BCUT2D eigenvalue weighted by Crippen LogP contribution is -2.28. The van der Waals surface area contributed by atoms with Gasteiger partial charge in [0.2, 0.25) is 5.88 Å². The number of aliphatic hydroxyl groups excluding tert-OH is 2. The highest BCUT2D eigenvalue weighted by Gasteiger charge is 2.26. The van der Waals surface area contributed by atoms with E-state index in [9.17, 15) is 15.0 Å². The summed E-state index contributed by atoms with van der Waals surface area (Å²) in [5.74, 6) is -1.12. The van der Waals surface area contributed by atoms with Gasteiger partial charge in [-0.1, -0.05) is 0 Å². The fourth-order valence-electron chi connectivity index (χ4n) is 1.27. The number of aliphatic carboxylic acids is 1. The van der Waals surface area contributed by atoms with Gasteiger partial charge in [0.05, 0.1) is 7.11 Å². The highest BCUT2D eigenvalue weighted by atomic mass is 16.5. The van der Waals surface area contributed by atoms with E-state index in [4.69, 9.17) is 9.84 Å². The van der Waals surface area contributed by atoms with Crippen molar-refractivity contribution >= 4 is 5.97 Å². The van der Waals surface area contributed by atoms with Crippen molar-refractivity contribution in [1.82, 2.24) is 4.98 Å². The van der Waals surface area contributed by atoms with Crippen molar-refractivity contribution in [2.24, 2.45) is 0 Å². The number of methoxy groups -OCH3 is 1. The predicted octanol–water partition coefficient (Wildman–Crippen LogP) is -0.122. The summed E-state index contributed by atoms with van der Waals surface area (Å²) in [5.41, 5.74) is 0.857. The summed E-state index contributed by atoms with van der Waals surface area (Å²) in [6.45, 7) is 1.66. The fraction of sp³-hybridized carbons (Fsp3) is 0.400. The Hall–Kier alpha value is -1.66. The van der Waals surface area contributed by atoms with Crippen LogP contribution in [0.3, 0.4) is 0 Å². The number of carbonyl (C=O) groups is 1. The molecule has 0 bridgehead atoms. The van der Waals surface area contributed by atoms with Crippen molar-refractivity contribution in [3.8, 4) is 5.88 Å². The van der Waals surface area contributed by atoms with Crippen LogP contribution in [-0.2, 0) is 4.79 Å². The number of hydrogen-bond donors (Lipinski definition) is 3. The maximum Gasteiger partial charge on any atom is 0.335 e. The van der Waals surface area contributed by atoms with Crippen molar-refractivity contribution in [1.29, 1.82) is 0 Å². The number of nitrogens with zero attached hydrogens (tertiary/aromatic N) is 1. The molecule has 1 heterocycles. The van der Waals surface area contributed by atoms with Gasteiger partial charge in [0.15, 0.2) is 6.10 Å². The molecular formula is C10H13NO5. The molecule has 3 N–H and O–H groups in total. The molecule has 1 aromatic rings. The molecule has 0 aliphatic heterocycles. The molecule has 1 aromatic heterocycles. The van der Waals surface area contributed by atoms with Gasteiger partial charge in [-0.25, -0.2) is 9.78 Å². The van der Waals surface area contributed by atoms with Gasteiger partial charge in [-0.15, -0.1) is 0 Å². The molecule has 2 atom stereocenters. The van der Waals surface area contributed by atoms with Crippen LogP contribution in [0.15, 0.2) is 12.3 Å². The molecule has 0 amide bonds. The topological polar surface area (TPSA) is 99.9 Å². The zero-order valence-electron chi connectivity index (χ0n) is 8.91. The van der Waals surface area contributed by atoms with Crippen LogP contribution in [0.5, 0.6) is 5.88 Å². The highest BCUT2D eigenvalue weighted by Crippen LogP contribution is 2.22. The third-order valence-electron chi connectivity index (χ3n) is 2.21. The van der Waals surface area contributed by atoms with Gasteiger partial charge < -0.3 is 20.1 Å². The zero-order chi connectivity index (χ0) is 12.3. The van der Waals surface area contributed by atoms with E-state index in [1.54, 1.807) is 13.0 Å². The lowest BCUT2D eigenvalue weighted by molar-refractivity contribution is -0.153. The molecule has 0 fully saturated rings. The summed E-state index contributed by atoms with van der Waals surface area (Å²) >= 11 is 0. The number of carboxylic acids is 1. The maximum absolute atomic E-state index is 10.5. The van der Waals surface area contributed by atoms with Crippen molar-refractivity contribution in [2.75, 3.05) is 7.11 Å². The number of rotatable bonds is 4. The third kappa shape index (κ3) is 2.47. The van der Waals surface area contributed by atoms with E-state index in [1.807, 2.05) is 0 Å². The van der Waals surface area contributed by atoms with Crippen LogP contribution in [0.2, 0.25) is 0 Å². The van der Waals surface area contributed by atoms with E-state index in [2.05, 4.69) is 4.98 Å². The van der Waals surface area contributed by atoms with Crippen molar-refractivity contribution in [3.05, 3.63) is 23.4 Å². The summed E-state index contributed by atoms with van der Waals surface area (Å²) in [5, 5.41) is 27.3. The van der Waals surface area contributed by atoms with Crippen LogP contribution in [0.25, 0.3) is 0 Å². The Morgan fingerprint density at radius 3 is 2.56 bits per heavy atom. The number of aromatic nitrogens is 1. The largest absolute Gasteiger partial charge is 0.481 e. The minimum atomic E-state index is -1.87. The van der Waals surface area contributed by atoms with Gasteiger partial charge in [-0.05, 0) is 12.5 Å². The van der Waals surface area contributed by atoms with Crippen LogP contribution in [-0.4, -0.2) is 39.5 Å². The van der Waals surface area contributed by atoms with Crippen LogP contribution >= 0.6 is 0 Å². The smallest absolute Gasteiger partial charge is 0.335 e. The van der Waals surface area contributed by atoms with E-state index < -0.39 is 18.2 Å². The standard InChI is InChI=1S/C10H13NO5/c1-5-3-7(16-2)11-4-6(5)8(12)9(13)10(14)15/h3-4,8-9,12-13H,1-2H3,(H,14,15). The maximum atomic E-state index is 10.5. The van der Waals surface area contributed by atoms with E-state index >= 15 is 0 Å². The molecule has 6 nitrogen and oxygen atoms in total. The minimum Gasteiger partial charge on any atom is -0.481 e. The monoisotopic (exact) mass is 227 g/mol. The molecule has 0 aliphatic carbocycles. The Kier molecular flexibility index (Phi) is 3.81. The van der Waals surface area contributed by atoms with Gasteiger partial charge in [0, 0.05) is 17.8 Å². The number of carboxylic acid groups (broad SMARTS) is 1. The second-order valence-electron chi connectivity index (χ2n) is 3.31. The average molecular weight is 227 g/mol. The molecule has 0 spiro atoms. The number of pyridine rings is 1. The van der Waals surface area contributed by atoms with Crippen LogP contribution in [0.4, 0.5) is 0 Å². The third-order valence-corrected chi connectivity index (χ3v) is 2.21. The highest BCUT2D eigenvalue weighted by molar-refractivity contribution is 5.73. The summed E-state index contributed by atoms with van der Waals surface area (Å²) in [6, 6.07) is 1.55. The molecule has 0 aliphatic rings. The van der Waals surface area contributed by atoms with E-state index in [0.29, 0.717) is 11.4 Å². The molecule has 0 saturated heterocycles. The second-order valence-corrected chi connectivity index (χ2v) is 3.31. The average Bonchev–Trinajstić information content (AvgIpc) is 2.26.